The Morgan fingerprint density at radius 2 is 1.80 bits per heavy atom. The number of aliphatic carboxylic acids is 1. The highest BCUT2D eigenvalue weighted by Gasteiger charge is 2.25. The van der Waals surface area contributed by atoms with Gasteiger partial charge in [-0.25, -0.2) is 0 Å². The third-order valence-corrected chi connectivity index (χ3v) is 6.62. The number of hydrogen-bond acceptors (Lipinski definition) is 7. The van der Waals surface area contributed by atoms with Crippen molar-refractivity contribution in [1.29, 1.82) is 0 Å². The van der Waals surface area contributed by atoms with Gasteiger partial charge < -0.3 is 30.1 Å². The van der Waals surface area contributed by atoms with Crippen LogP contribution in [0, 0.1) is 0 Å². The molecule has 10 heteroatoms. The van der Waals surface area contributed by atoms with E-state index in [0.717, 1.165) is 5.56 Å². The number of carboxylic acid groups (broad SMARTS) is 1. The van der Waals surface area contributed by atoms with E-state index in [9.17, 15) is 19.2 Å². The Kier molecular flexibility index (Phi) is 11.1. The van der Waals surface area contributed by atoms with Gasteiger partial charge in [0.15, 0.2) is 11.5 Å². The number of nitrogens with one attached hydrogen (secondary N) is 2. The van der Waals surface area contributed by atoms with Crippen LogP contribution >= 0.6 is 0 Å². The van der Waals surface area contributed by atoms with Crippen molar-refractivity contribution in [3.05, 3.63) is 78.5 Å². The van der Waals surface area contributed by atoms with Crippen LogP contribution in [0.1, 0.15) is 44.2 Å². The minimum absolute atomic E-state index is 0.0514. The van der Waals surface area contributed by atoms with E-state index in [2.05, 4.69) is 23.8 Å². The highest BCUT2D eigenvalue weighted by Crippen LogP contribution is 2.33. The second-order valence-electron chi connectivity index (χ2n) is 9.81. The fraction of sp³-hybridized carbons (Fsp3) is 0.355. The molecule has 2 aromatic carbocycles. The number of benzene rings is 2. The number of fused-ring (bicyclic) bond motifs is 1. The minimum atomic E-state index is -1.07. The fourth-order valence-electron chi connectivity index (χ4n) is 4.54. The first-order valence-electron chi connectivity index (χ1n) is 13.5. The highest BCUT2D eigenvalue weighted by molar-refractivity contribution is 5.86. The zero-order valence-electron chi connectivity index (χ0n) is 23.5. The first-order valence-corrected chi connectivity index (χ1v) is 13.5. The van der Waals surface area contributed by atoms with E-state index >= 15 is 0 Å². The first kappa shape index (κ1) is 30.9. The number of rotatable bonds is 16. The molecule has 2 amide bonds. The van der Waals surface area contributed by atoms with Gasteiger partial charge in [-0.05, 0) is 49.1 Å². The number of ketones is 1. The van der Waals surface area contributed by atoms with Crippen molar-refractivity contribution in [3.63, 3.8) is 0 Å². The number of carbonyl (C=O) groups excluding carboxylic acids is 3. The van der Waals surface area contributed by atoms with E-state index < -0.39 is 24.0 Å². The van der Waals surface area contributed by atoms with Gasteiger partial charge in [0, 0.05) is 24.2 Å². The summed E-state index contributed by atoms with van der Waals surface area (Å²) in [5, 5.41) is 14.8. The number of anilines is 1. The number of hydrogen-bond donors (Lipinski definition) is 3. The molecule has 3 rings (SSSR count). The van der Waals surface area contributed by atoms with Crippen LogP contribution in [0.5, 0.6) is 11.5 Å². The van der Waals surface area contributed by atoms with E-state index in [1.165, 1.54) is 13.0 Å². The Bertz CT molecular complexity index is 1310. The molecule has 41 heavy (non-hydrogen) atoms. The van der Waals surface area contributed by atoms with Crippen molar-refractivity contribution in [2.45, 2.75) is 58.0 Å². The minimum Gasteiger partial charge on any atom is -0.481 e. The summed E-state index contributed by atoms with van der Waals surface area (Å²) in [6, 6.07) is 11.5. The molecule has 2 atom stereocenters. The van der Waals surface area contributed by atoms with Crippen LogP contribution in [0.3, 0.4) is 0 Å². The van der Waals surface area contributed by atoms with Crippen LogP contribution in [-0.2, 0) is 32.0 Å². The molecule has 1 heterocycles. The molecule has 0 saturated heterocycles. The molecule has 0 saturated carbocycles. The van der Waals surface area contributed by atoms with Gasteiger partial charge in [-0.15, -0.1) is 6.58 Å². The first-order chi connectivity index (χ1) is 19.6. The number of para-hydroxylation sites is 1. The maximum absolute atomic E-state index is 13.1. The molecule has 3 N–H and O–H groups in total. The van der Waals surface area contributed by atoms with Crippen LogP contribution in [0.25, 0.3) is 0 Å². The van der Waals surface area contributed by atoms with Gasteiger partial charge in [-0.1, -0.05) is 43.8 Å². The van der Waals surface area contributed by atoms with E-state index in [4.69, 9.17) is 14.6 Å². The lowest BCUT2D eigenvalue weighted by Gasteiger charge is -2.33. The second-order valence-corrected chi connectivity index (χ2v) is 9.81. The number of nitrogens with zero attached hydrogens (tertiary/aromatic N) is 1. The molecular weight excluding hydrogens is 526 g/mol. The van der Waals surface area contributed by atoms with E-state index in [1.54, 1.807) is 29.2 Å². The Morgan fingerprint density at radius 3 is 2.49 bits per heavy atom. The normalized spacial score (nSPS) is 13.0. The lowest BCUT2D eigenvalue weighted by Crippen LogP contribution is -2.46. The molecule has 1 aliphatic rings. The average Bonchev–Trinajstić information content (AvgIpc) is 3.40. The van der Waals surface area contributed by atoms with Gasteiger partial charge in [0.25, 0.3) is 0 Å². The van der Waals surface area contributed by atoms with Crippen molar-refractivity contribution in [1.82, 2.24) is 10.6 Å². The maximum Gasteiger partial charge on any atom is 0.305 e. The van der Waals surface area contributed by atoms with Crippen LogP contribution in [0.2, 0.25) is 0 Å². The Morgan fingerprint density at radius 1 is 1.07 bits per heavy atom. The highest BCUT2D eigenvalue weighted by atomic mass is 16.7. The Balaban J connectivity index is 1.77. The molecule has 0 spiro atoms. The molecule has 2 aromatic rings. The number of Topliss-reactive ketones (excluding diaryl/α,β-unsaturated/α-hetero) is 1. The van der Waals surface area contributed by atoms with E-state index in [1.807, 2.05) is 25.1 Å². The van der Waals surface area contributed by atoms with E-state index in [0.29, 0.717) is 41.3 Å². The maximum atomic E-state index is 13.1. The number of amides is 2. The van der Waals surface area contributed by atoms with Crippen LogP contribution < -0.4 is 25.0 Å². The largest absolute Gasteiger partial charge is 0.481 e. The van der Waals surface area contributed by atoms with Crippen LogP contribution in [0.15, 0.2) is 67.4 Å². The predicted octanol–water partition coefficient (Wildman–Crippen LogP) is 3.54. The summed E-state index contributed by atoms with van der Waals surface area (Å²) < 4.78 is 10.8. The fourth-order valence-corrected chi connectivity index (χ4v) is 4.54. The third-order valence-electron chi connectivity index (χ3n) is 6.62. The summed E-state index contributed by atoms with van der Waals surface area (Å²) in [6.07, 6.45) is 2.41. The molecule has 0 aliphatic carbocycles. The van der Waals surface area contributed by atoms with Crippen molar-refractivity contribution >= 4 is 29.3 Å². The van der Waals surface area contributed by atoms with Crippen molar-refractivity contribution < 1.29 is 33.8 Å². The standard InChI is InChI=1S/C31H37N3O7/c1-5-24(17-31(38)39)32-30(37)18-34(26-10-8-7-9-23(26)15-20(3)35)21(4)25(6-2)33-29(36)14-12-22-11-13-27-28(16-22)41-19-40-27/h5,7-11,13,16,24-25H,1,4,6,12,14-15,17-19H2,2-3H3,(H,32,37)(H,33,36)(H,38,39)/t24-,25+/m1/s1. The molecular formula is C31H37N3O7. The zero-order valence-corrected chi connectivity index (χ0v) is 23.5. The van der Waals surface area contributed by atoms with Gasteiger partial charge in [0.1, 0.15) is 12.3 Å². The lowest BCUT2D eigenvalue weighted by atomic mass is 10.0. The molecule has 1 aliphatic heterocycles. The van der Waals surface area contributed by atoms with Gasteiger partial charge in [0.05, 0.1) is 18.5 Å². The summed E-state index contributed by atoms with van der Waals surface area (Å²) in [6.45, 7) is 11.2. The summed E-state index contributed by atoms with van der Waals surface area (Å²) in [4.78, 5) is 50.9. The van der Waals surface area contributed by atoms with Crippen LogP contribution in [-0.4, -0.2) is 54.1 Å². The number of carbonyl (C=O) groups is 4. The average molecular weight is 564 g/mol. The predicted molar refractivity (Wildman–Crippen MR) is 155 cm³/mol. The second kappa shape index (κ2) is 14.7. The lowest BCUT2D eigenvalue weighted by molar-refractivity contribution is -0.137. The zero-order chi connectivity index (χ0) is 29.9. The Hall–Kier alpha value is -4.60. The topological polar surface area (TPSA) is 134 Å². The smallest absolute Gasteiger partial charge is 0.305 e. The molecule has 0 unspecified atom stereocenters. The van der Waals surface area contributed by atoms with Gasteiger partial charge in [-0.3, -0.25) is 19.2 Å². The molecule has 10 nitrogen and oxygen atoms in total. The Labute approximate surface area is 240 Å². The van der Waals surface area contributed by atoms with Crippen molar-refractivity contribution in [2.24, 2.45) is 0 Å². The number of ether oxygens (including phenoxy) is 2. The van der Waals surface area contributed by atoms with Gasteiger partial charge in [0.2, 0.25) is 18.6 Å². The quantitative estimate of drug-likeness (QED) is 0.264. The molecule has 0 bridgehead atoms. The van der Waals surface area contributed by atoms with Crippen molar-refractivity contribution in [2.75, 3.05) is 18.2 Å². The number of aryl methyl sites for hydroxylation is 1. The number of carboxylic acids is 1. The van der Waals surface area contributed by atoms with E-state index in [-0.39, 0.29) is 44.3 Å². The third kappa shape index (κ3) is 8.96. The summed E-state index contributed by atoms with van der Waals surface area (Å²) in [5.74, 6) is -0.438. The molecule has 0 radical (unpaired) electrons. The SMILES string of the molecule is C=C[C@H](CC(=O)O)NC(=O)CN(C(=C)[C@H](CC)NC(=O)CCc1ccc2c(c1)OCO2)c1ccccc1CC(C)=O. The molecule has 0 aromatic heterocycles. The summed E-state index contributed by atoms with van der Waals surface area (Å²) in [5.41, 5.74) is 2.70. The van der Waals surface area contributed by atoms with Crippen LogP contribution in [0.4, 0.5) is 5.69 Å². The van der Waals surface area contributed by atoms with Gasteiger partial charge in [-0.2, -0.15) is 0 Å². The molecule has 218 valence electrons. The summed E-state index contributed by atoms with van der Waals surface area (Å²) in [7, 11) is 0. The monoisotopic (exact) mass is 563 g/mol. The summed E-state index contributed by atoms with van der Waals surface area (Å²) >= 11 is 0. The van der Waals surface area contributed by atoms with Crippen molar-refractivity contribution in [3.8, 4) is 11.5 Å². The van der Waals surface area contributed by atoms with Gasteiger partial charge >= 0.3 is 5.97 Å². The molecule has 0 fully saturated rings.